The van der Waals surface area contributed by atoms with E-state index in [1.165, 1.54) is 12.3 Å². The number of rotatable bonds is 7. The predicted octanol–water partition coefficient (Wildman–Crippen LogP) is 2.71. The van der Waals surface area contributed by atoms with Crippen molar-refractivity contribution in [2.75, 3.05) is 33.1 Å². The van der Waals surface area contributed by atoms with Gasteiger partial charge < -0.3 is 15.0 Å². The first-order chi connectivity index (χ1) is 11.0. The first-order valence-corrected chi connectivity index (χ1v) is 7.17. The van der Waals surface area contributed by atoms with Crippen molar-refractivity contribution in [3.8, 4) is 5.75 Å². The summed E-state index contributed by atoms with van der Waals surface area (Å²) in [5.41, 5.74) is 0.969. The molecule has 1 aromatic carbocycles. The first kappa shape index (κ1) is 16.7. The molecule has 0 saturated carbocycles. The van der Waals surface area contributed by atoms with Crippen molar-refractivity contribution < 1.29 is 9.66 Å². The summed E-state index contributed by atoms with van der Waals surface area (Å²) in [6.07, 6.45) is 1.53. The number of aromatic nitrogens is 1. The van der Waals surface area contributed by atoms with E-state index in [0.717, 1.165) is 11.3 Å². The fourth-order valence-electron chi connectivity index (χ4n) is 2.39. The molecule has 1 atom stereocenters. The Balaban J connectivity index is 2.23. The van der Waals surface area contributed by atoms with Gasteiger partial charge in [0.2, 0.25) is 5.82 Å². The molecule has 0 amide bonds. The number of nitro groups is 1. The SMILES string of the molecule is COc1ccccc1[C@H](CNc1ncccc1[N+](=O)[O-])N(C)C. The number of para-hydroxylation sites is 1. The number of pyridine rings is 1. The zero-order valence-corrected chi connectivity index (χ0v) is 13.4. The fraction of sp³-hybridized carbons (Fsp3) is 0.312. The van der Waals surface area contributed by atoms with Gasteiger partial charge >= 0.3 is 5.69 Å². The van der Waals surface area contributed by atoms with E-state index in [4.69, 9.17) is 4.74 Å². The molecule has 0 bridgehead atoms. The first-order valence-electron chi connectivity index (χ1n) is 7.17. The molecule has 0 fully saturated rings. The Labute approximate surface area is 135 Å². The van der Waals surface area contributed by atoms with E-state index in [1.54, 1.807) is 13.2 Å². The zero-order valence-electron chi connectivity index (χ0n) is 13.4. The third-order valence-corrected chi connectivity index (χ3v) is 3.57. The Morgan fingerprint density at radius 2 is 2.04 bits per heavy atom. The minimum atomic E-state index is -0.441. The van der Waals surface area contributed by atoms with Crippen molar-refractivity contribution >= 4 is 11.5 Å². The van der Waals surface area contributed by atoms with Crippen LogP contribution in [0.5, 0.6) is 5.75 Å². The molecule has 122 valence electrons. The molecule has 0 aliphatic rings. The van der Waals surface area contributed by atoms with Crippen LogP contribution in [0, 0.1) is 10.1 Å². The van der Waals surface area contributed by atoms with E-state index >= 15 is 0 Å². The zero-order chi connectivity index (χ0) is 16.8. The Kier molecular flexibility index (Phi) is 5.48. The van der Waals surface area contributed by atoms with Crippen LogP contribution in [0.4, 0.5) is 11.5 Å². The summed E-state index contributed by atoms with van der Waals surface area (Å²) in [6.45, 7) is 0.464. The number of anilines is 1. The highest BCUT2D eigenvalue weighted by Crippen LogP contribution is 2.29. The van der Waals surface area contributed by atoms with Crippen molar-refractivity contribution in [3.63, 3.8) is 0 Å². The summed E-state index contributed by atoms with van der Waals surface area (Å²) in [5, 5.41) is 14.1. The Hall–Kier alpha value is -2.67. The second-order valence-electron chi connectivity index (χ2n) is 5.23. The lowest BCUT2D eigenvalue weighted by molar-refractivity contribution is -0.384. The molecule has 1 heterocycles. The van der Waals surface area contributed by atoms with Crippen molar-refractivity contribution in [2.45, 2.75) is 6.04 Å². The fourth-order valence-corrected chi connectivity index (χ4v) is 2.39. The van der Waals surface area contributed by atoms with Crippen molar-refractivity contribution in [1.82, 2.24) is 9.88 Å². The molecule has 0 radical (unpaired) electrons. The number of hydrogen-bond acceptors (Lipinski definition) is 6. The van der Waals surface area contributed by atoms with Gasteiger partial charge in [-0.3, -0.25) is 10.1 Å². The van der Waals surface area contributed by atoms with Gasteiger partial charge in [-0.1, -0.05) is 18.2 Å². The van der Waals surface area contributed by atoms with Crippen LogP contribution in [0.15, 0.2) is 42.6 Å². The molecule has 1 aromatic heterocycles. The predicted molar refractivity (Wildman–Crippen MR) is 88.8 cm³/mol. The van der Waals surface area contributed by atoms with Crippen LogP contribution in [-0.2, 0) is 0 Å². The van der Waals surface area contributed by atoms with Gasteiger partial charge in [-0.15, -0.1) is 0 Å². The van der Waals surface area contributed by atoms with Crippen LogP contribution in [-0.4, -0.2) is 42.6 Å². The summed E-state index contributed by atoms with van der Waals surface area (Å²) in [5.74, 6) is 1.04. The van der Waals surface area contributed by atoms with Crippen LogP contribution in [0.2, 0.25) is 0 Å². The van der Waals surface area contributed by atoms with Gasteiger partial charge in [0.25, 0.3) is 0 Å². The number of benzene rings is 1. The second kappa shape index (κ2) is 7.55. The standard InChI is InChI=1S/C16H20N4O3/c1-19(2)14(12-7-4-5-9-15(12)23-3)11-18-16-13(20(21)22)8-6-10-17-16/h4-10,14H,11H2,1-3H3,(H,17,18)/t14-/m0/s1. The molecular weight excluding hydrogens is 296 g/mol. The second-order valence-corrected chi connectivity index (χ2v) is 5.23. The largest absolute Gasteiger partial charge is 0.496 e. The lowest BCUT2D eigenvalue weighted by Crippen LogP contribution is -2.27. The normalized spacial score (nSPS) is 12.0. The summed E-state index contributed by atoms with van der Waals surface area (Å²) >= 11 is 0. The smallest absolute Gasteiger partial charge is 0.311 e. The van der Waals surface area contributed by atoms with E-state index in [1.807, 2.05) is 43.3 Å². The molecule has 0 aliphatic heterocycles. The van der Waals surface area contributed by atoms with Gasteiger partial charge in [0, 0.05) is 24.4 Å². The molecule has 0 aliphatic carbocycles. The van der Waals surface area contributed by atoms with E-state index in [2.05, 4.69) is 10.3 Å². The van der Waals surface area contributed by atoms with Crippen LogP contribution in [0.1, 0.15) is 11.6 Å². The average Bonchev–Trinajstić information content (AvgIpc) is 2.55. The Bertz CT molecular complexity index is 676. The third-order valence-electron chi connectivity index (χ3n) is 3.57. The Morgan fingerprint density at radius 1 is 1.30 bits per heavy atom. The molecule has 7 heteroatoms. The van der Waals surface area contributed by atoms with Gasteiger partial charge in [0.15, 0.2) is 0 Å². The molecule has 0 saturated heterocycles. The topological polar surface area (TPSA) is 80.5 Å². The third kappa shape index (κ3) is 3.95. The molecule has 23 heavy (non-hydrogen) atoms. The minimum absolute atomic E-state index is 0.0206. The number of ether oxygens (including phenoxy) is 1. The van der Waals surface area contributed by atoms with Crippen LogP contribution >= 0.6 is 0 Å². The van der Waals surface area contributed by atoms with Gasteiger partial charge in [-0.05, 0) is 26.2 Å². The maximum absolute atomic E-state index is 11.1. The Morgan fingerprint density at radius 3 is 2.70 bits per heavy atom. The number of nitrogens with one attached hydrogen (secondary N) is 1. The van der Waals surface area contributed by atoms with Gasteiger partial charge in [0.1, 0.15) is 5.75 Å². The van der Waals surface area contributed by atoms with Crippen LogP contribution < -0.4 is 10.1 Å². The number of nitrogens with zero attached hydrogens (tertiary/aromatic N) is 3. The lowest BCUT2D eigenvalue weighted by Gasteiger charge is -2.26. The molecule has 2 rings (SSSR count). The highest BCUT2D eigenvalue weighted by atomic mass is 16.6. The number of methoxy groups -OCH3 is 1. The van der Waals surface area contributed by atoms with Gasteiger partial charge in [-0.25, -0.2) is 4.98 Å². The van der Waals surface area contributed by atoms with E-state index in [0.29, 0.717) is 6.54 Å². The monoisotopic (exact) mass is 316 g/mol. The minimum Gasteiger partial charge on any atom is -0.496 e. The number of likely N-dealkylation sites (N-methyl/N-ethyl adjacent to an activating group) is 1. The lowest BCUT2D eigenvalue weighted by atomic mass is 10.0. The maximum atomic E-state index is 11.1. The van der Waals surface area contributed by atoms with Crippen molar-refractivity contribution in [1.29, 1.82) is 0 Å². The molecule has 7 nitrogen and oxygen atoms in total. The molecular formula is C16H20N4O3. The molecule has 2 aromatic rings. The average molecular weight is 316 g/mol. The highest BCUT2D eigenvalue weighted by Gasteiger charge is 2.20. The maximum Gasteiger partial charge on any atom is 0.311 e. The van der Waals surface area contributed by atoms with Crippen molar-refractivity contribution in [2.24, 2.45) is 0 Å². The summed E-state index contributed by atoms with van der Waals surface area (Å²) in [4.78, 5) is 16.7. The summed E-state index contributed by atoms with van der Waals surface area (Å²) < 4.78 is 5.41. The van der Waals surface area contributed by atoms with E-state index in [-0.39, 0.29) is 17.5 Å². The molecule has 0 spiro atoms. The van der Waals surface area contributed by atoms with E-state index < -0.39 is 4.92 Å². The summed E-state index contributed by atoms with van der Waals surface area (Å²) in [7, 11) is 5.53. The van der Waals surface area contributed by atoms with Crippen LogP contribution in [0.3, 0.4) is 0 Å². The highest BCUT2D eigenvalue weighted by molar-refractivity contribution is 5.55. The van der Waals surface area contributed by atoms with Crippen molar-refractivity contribution in [3.05, 3.63) is 58.3 Å². The summed E-state index contributed by atoms with van der Waals surface area (Å²) in [6, 6.07) is 10.7. The molecule has 0 unspecified atom stereocenters. The van der Waals surface area contributed by atoms with Gasteiger partial charge in [0.05, 0.1) is 18.1 Å². The van der Waals surface area contributed by atoms with E-state index in [9.17, 15) is 10.1 Å². The van der Waals surface area contributed by atoms with Crippen LogP contribution in [0.25, 0.3) is 0 Å². The van der Waals surface area contributed by atoms with Gasteiger partial charge in [-0.2, -0.15) is 0 Å². The molecule has 1 N–H and O–H groups in total. The number of hydrogen-bond donors (Lipinski definition) is 1. The quantitative estimate of drug-likeness (QED) is 0.625.